The SMILES string of the molecule is Nc1cc(C(=O)NCc2ccc(Br)cc2)cc(Cl)n1. The molecule has 98 valence electrons. The molecule has 1 aromatic heterocycles. The smallest absolute Gasteiger partial charge is 0.251 e. The summed E-state index contributed by atoms with van der Waals surface area (Å²) in [5.74, 6) is -0.0137. The number of nitrogens with zero attached hydrogens (tertiary/aromatic N) is 1. The van der Waals surface area contributed by atoms with Gasteiger partial charge in [-0.1, -0.05) is 39.7 Å². The predicted molar refractivity (Wildman–Crippen MR) is 79.0 cm³/mol. The summed E-state index contributed by atoms with van der Waals surface area (Å²) >= 11 is 9.11. The van der Waals surface area contributed by atoms with Crippen LogP contribution < -0.4 is 11.1 Å². The fourth-order valence-electron chi connectivity index (χ4n) is 1.53. The molecule has 2 aromatic rings. The zero-order valence-electron chi connectivity index (χ0n) is 9.86. The average molecular weight is 341 g/mol. The number of carbonyl (C=O) groups excluding carboxylic acids is 1. The Balaban J connectivity index is 2.03. The van der Waals surface area contributed by atoms with Crippen LogP contribution in [0.4, 0.5) is 5.82 Å². The first-order chi connectivity index (χ1) is 9.04. The van der Waals surface area contributed by atoms with Crippen molar-refractivity contribution in [3.63, 3.8) is 0 Å². The highest BCUT2D eigenvalue weighted by atomic mass is 79.9. The Morgan fingerprint density at radius 1 is 1.32 bits per heavy atom. The van der Waals surface area contributed by atoms with E-state index in [2.05, 4.69) is 26.2 Å². The number of pyridine rings is 1. The van der Waals surface area contributed by atoms with Crippen LogP contribution in [0.5, 0.6) is 0 Å². The normalized spacial score (nSPS) is 10.2. The van der Waals surface area contributed by atoms with E-state index >= 15 is 0 Å². The van der Waals surface area contributed by atoms with E-state index in [1.165, 1.54) is 12.1 Å². The van der Waals surface area contributed by atoms with E-state index in [9.17, 15) is 4.79 Å². The molecule has 6 heteroatoms. The van der Waals surface area contributed by atoms with Gasteiger partial charge in [-0.2, -0.15) is 0 Å². The first-order valence-electron chi connectivity index (χ1n) is 5.50. The Kier molecular flexibility index (Phi) is 4.39. The lowest BCUT2D eigenvalue weighted by Gasteiger charge is -2.06. The number of nitrogen functional groups attached to an aromatic ring is 1. The molecule has 0 aliphatic rings. The van der Waals surface area contributed by atoms with E-state index in [1.54, 1.807) is 0 Å². The van der Waals surface area contributed by atoms with Gasteiger partial charge in [0.2, 0.25) is 0 Å². The van der Waals surface area contributed by atoms with Crippen molar-refractivity contribution in [3.05, 3.63) is 57.2 Å². The second-order valence-electron chi connectivity index (χ2n) is 3.91. The van der Waals surface area contributed by atoms with Crippen molar-refractivity contribution in [1.82, 2.24) is 10.3 Å². The minimum absolute atomic E-state index is 0.203. The second kappa shape index (κ2) is 6.04. The van der Waals surface area contributed by atoms with E-state index in [4.69, 9.17) is 17.3 Å². The van der Waals surface area contributed by atoms with Crippen molar-refractivity contribution in [1.29, 1.82) is 0 Å². The molecule has 4 nitrogen and oxygen atoms in total. The van der Waals surface area contributed by atoms with Gasteiger partial charge in [0.1, 0.15) is 11.0 Å². The molecular formula is C13H11BrClN3O. The van der Waals surface area contributed by atoms with Gasteiger partial charge in [0, 0.05) is 16.6 Å². The predicted octanol–water partition coefficient (Wildman–Crippen LogP) is 3.01. The Morgan fingerprint density at radius 2 is 2.00 bits per heavy atom. The van der Waals surface area contributed by atoms with E-state index < -0.39 is 0 Å². The monoisotopic (exact) mass is 339 g/mol. The number of hydrogen-bond donors (Lipinski definition) is 2. The third-order valence-corrected chi connectivity index (χ3v) is 3.16. The molecule has 1 aromatic carbocycles. The van der Waals surface area contributed by atoms with E-state index in [1.807, 2.05) is 24.3 Å². The van der Waals surface area contributed by atoms with Crippen LogP contribution in [0.1, 0.15) is 15.9 Å². The summed E-state index contributed by atoms with van der Waals surface area (Å²) in [6, 6.07) is 10.7. The minimum Gasteiger partial charge on any atom is -0.384 e. The van der Waals surface area contributed by atoms with Crippen LogP contribution >= 0.6 is 27.5 Å². The molecule has 0 saturated heterocycles. The van der Waals surface area contributed by atoms with Crippen molar-refractivity contribution in [3.8, 4) is 0 Å². The van der Waals surface area contributed by atoms with Crippen LogP contribution in [-0.2, 0) is 6.54 Å². The molecule has 0 spiro atoms. The van der Waals surface area contributed by atoms with Crippen molar-refractivity contribution in [2.75, 3.05) is 5.73 Å². The maximum atomic E-state index is 11.9. The summed E-state index contributed by atoms with van der Waals surface area (Å²) in [5.41, 5.74) is 6.94. The molecule has 0 fully saturated rings. The average Bonchev–Trinajstić information content (AvgIpc) is 2.36. The molecule has 0 aliphatic carbocycles. The minimum atomic E-state index is -0.237. The molecule has 0 radical (unpaired) electrons. The Morgan fingerprint density at radius 3 is 2.63 bits per heavy atom. The topological polar surface area (TPSA) is 68.0 Å². The van der Waals surface area contributed by atoms with Crippen LogP contribution in [0.25, 0.3) is 0 Å². The number of carbonyl (C=O) groups is 1. The highest BCUT2D eigenvalue weighted by Gasteiger charge is 2.08. The Labute approximate surface area is 124 Å². The lowest BCUT2D eigenvalue weighted by atomic mass is 10.2. The van der Waals surface area contributed by atoms with Crippen LogP contribution in [0, 0.1) is 0 Å². The number of anilines is 1. The number of hydrogen-bond acceptors (Lipinski definition) is 3. The van der Waals surface area contributed by atoms with Gasteiger partial charge in [-0.3, -0.25) is 4.79 Å². The third-order valence-electron chi connectivity index (χ3n) is 2.44. The molecule has 1 heterocycles. The lowest BCUT2D eigenvalue weighted by Crippen LogP contribution is -2.23. The van der Waals surface area contributed by atoms with E-state index in [0.717, 1.165) is 10.0 Å². The maximum absolute atomic E-state index is 11.9. The van der Waals surface area contributed by atoms with E-state index in [-0.39, 0.29) is 16.9 Å². The second-order valence-corrected chi connectivity index (χ2v) is 5.22. The van der Waals surface area contributed by atoms with Gasteiger partial charge in [0.15, 0.2) is 0 Å². The molecule has 0 saturated carbocycles. The molecule has 19 heavy (non-hydrogen) atoms. The fourth-order valence-corrected chi connectivity index (χ4v) is 2.01. The number of benzene rings is 1. The maximum Gasteiger partial charge on any atom is 0.251 e. The largest absolute Gasteiger partial charge is 0.384 e. The fraction of sp³-hybridized carbons (Fsp3) is 0.0769. The van der Waals surface area contributed by atoms with Gasteiger partial charge in [0.05, 0.1) is 0 Å². The highest BCUT2D eigenvalue weighted by molar-refractivity contribution is 9.10. The van der Waals surface area contributed by atoms with Gasteiger partial charge in [-0.25, -0.2) is 4.98 Å². The molecule has 2 rings (SSSR count). The first-order valence-corrected chi connectivity index (χ1v) is 6.67. The third kappa shape index (κ3) is 3.94. The van der Waals surface area contributed by atoms with Crippen molar-refractivity contribution < 1.29 is 4.79 Å². The van der Waals surface area contributed by atoms with Gasteiger partial charge >= 0.3 is 0 Å². The number of nitrogens with one attached hydrogen (secondary N) is 1. The summed E-state index contributed by atoms with van der Waals surface area (Å²) in [6.45, 7) is 0.436. The van der Waals surface area contributed by atoms with Gasteiger partial charge in [-0.05, 0) is 29.8 Å². The molecule has 0 aliphatic heterocycles. The summed E-state index contributed by atoms with van der Waals surface area (Å²) in [6.07, 6.45) is 0. The Hall–Kier alpha value is -1.59. The molecule has 0 atom stereocenters. The van der Waals surface area contributed by atoms with Gasteiger partial charge in [0.25, 0.3) is 5.91 Å². The van der Waals surface area contributed by atoms with Crippen LogP contribution in [0.2, 0.25) is 5.15 Å². The quantitative estimate of drug-likeness (QED) is 0.844. The van der Waals surface area contributed by atoms with Crippen molar-refractivity contribution in [2.45, 2.75) is 6.54 Å². The number of halogens is 2. The lowest BCUT2D eigenvalue weighted by molar-refractivity contribution is 0.0951. The molecule has 0 bridgehead atoms. The van der Waals surface area contributed by atoms with Crippen LogP contribution in [-0.4, -0.2) is 10.9 Å². The van der Waals surface area contributed by atoms with Crippen molar-refractivity contribution in [2.24, 2.45) is 0 Å². The molecule has 0 unspecified atom stereocenters. The zero-order valence-corrected chi connectivity index (χ0v) is 12.2. The van der Waals surface area contributed by atoms with Crippen LogP contribution in [0.3, 0.4) is 0 Å². The number of nitrogens with two attached hydrogens (primary N) is 1. The number of aromatic nitrogens is 1. The standard InChI is InChI=1S/C13H11BrClN3O/c14-10-3-1-8(2-4-10)7-17-13(19)9-5-11(15)18-12(16)6-9/h1-6H,7H2,(H2,16,18)(H,17,19). The first kappa shape index (κ1) is 13.8. The molecule has 1 amide bonds. The van der Waals surface area contributed by atoms with Gasteiger partial charge in [-0.15, -0.1) is 0 Å². The summed E-state index contributed by atoms with van der Waals surface area (Å²) in [5, 5.41) is 3.00. The molecular weight excluding hydrogens is 330 g/mol. The highest BCUT2D eigenvalue weighted by Crippen LogP contribution is 2.13. The number of amides is 1. The summed E-state index contributed by atoms with van der Waals surface area (Å²) in [7, 11) is 0. The zero-order chi connectivity index (χ0) is 13.8. The number of rotatable bonds is 3. The van der Waals surface area contributed by atoms with Crippen LogP contribution in [0.15, 0.2) is 40.9 Å². The van der Waals surface area contributed by atoms with E-state index in [0.29, 0.717) is 12.1 Å². The van der Waals surface area contributed by atoms with Crippen molar-refractivity contribution >= 4 is 39.3 Å². The summed E-state index contributed by atoms with van der Waals surface area (Å²) < 4.78 is 0.997. The van der Waals surface area contributed by atoms with Gasteiger partial charge < -0.3 is 11.1 Å². The Bertz CT molecular complexity index is 581. The summed E-state index contributed by atoms with van der Waals surface area (Å²) in [4.78, 5) is 15.7. The molecule has 3 N–H and O–H groups in total.